The third kappa shape index (κ3) is 4.40. The molecule has 1 N–H and O–H groups in total. The van der Waals surface area contributed by atoms with Gasteiger partial charge in [0.15, 0.2) is 0 Å². The van der Waals surface area contributed by atoms with Gasteiger partial charge in [0, 0.05) is 20.2 Å². The summed E-state index contributed by atoms with van der Waals surface area (Å²) in [6.07, 6.45) is 2.70. The van der Waals surface area contributed by atoms with E-state index >= 15 is 0 Å². The van der Waals surface area contributed by atoms with Crippen molar-refractivity contribution in [1.29, 1.82) is 0 Å². The average molecular weight is 228 g/mol. The van der Waals surface area contributed by atoms with E-state index in [1.54, 1.807) is 7.11 Å². The Morgan fingerprint density at radius 2 is 2.19 bits per heavy atom. The summed E-state index contributed by atoms with van der Waals surface area (Å²) in [6, 6.07) is 0. The van der Waals surface area contributed by atoms with Crippen molar-refractivity contribution in [1.82, 2.24) is 10.2 Å². The minimum Gasteiger partial charge on any atom is -0.383 e. The summed E-state index contributed by atoms with van der Waals surface area (Å²) in [7, 11) is 3.96. The minimum atomic E-state index is 0.399. The number of nitrogens with one attached hydrogen (secondary N) is 1. The van der Waals surface area contributed by atoms with Crippen molar-refractivity contribution in [2.75, 3.05) is 46.9 Å². The fraction of sp³-hybridized carbons (Fsp3) is 1.00. The van der Waals surface area contributed by atoms with E-state index in [1.165, 1.54) is 25.9 Å². The van der Waals surface area contributed by atoms with E-state index in [1.807, 2.05) is 0 Å². The molecule has 1 atom stereocenters. The zero-order chi connectivity index (χ0) is 12.0. The highest BCUT2D eigenvalue weighted by Gasteiger charge is 2.31. The van der Waals surface area contributed by atoms with E-state index in [0.29, 0.717) is 5.41 Å². The monoisotopic (exact) mass is 228 g/mol. The van der Waals surface area contributed by atoms with Gasteiger partial charge in [-0.05, 0) is 44.3 Å². The first-order valence-electron chi connectivity index (χ1n) is 6.44. The van der Waals surface area contributed by atoms with Crippen LogP contribution in [0.1, 0.15) is 26.7 Å². The van der Waals surface area contributed by atoms with Crippen molar-refractivity contribution >= 4 is 0 Å². The summed E-state index contributed by atoms with van der Waals surface area (Å²) in [6.45, 7) is 10.2. The number of rotatable bonds is 6. The highest BCUT2D eigenvalue weighted by molar-refractivity contribution is 4.84. The van der Waals surface area contributed by atoms with Crippen LogP contribution >= 0.6 is 0 Å². The normalized spacial score (nSPS) is 22.7. The molecule has 1 heterocycles. The van der Waals surface area contributed by atoms with E-state index in [2.05, 4.69) is 31.1 Å². The second kappa shape index (κ2) is 6.58. The van der Waals surface area contributed by atoms with Crippen LogP contribution in [0.25, 0.3) is 0 Å². The van der Waals surface area contributed by atoms with Crippen LogP contribution in [0.2, 0.25) is 0 Å². The molecule has 1 aliphatic rings. The van der Waals surface area contributed by atoms with Gasteiger partial charge >= 0.3 is 0 Å². The third-order valence-electron chi connectivity index (χ3n) is 3.76. The number of hydrogen-bond donors (Lipinski definition) is 1. The molecule has 0 radical (unpaired) electrons. The van der Waals surface area contributed by atoms with Crippen LogP contribution < -0.4 is 5.32 Å². The SMILES string of the molecule is COCCN(C)CC(C)(C)C1CCCNC1. The van der Waals surface area contributed by atoms with Crippen LogP contribution in [-0.4, -0.2) is 51.8 Å². The van der Waals surface area contributed by atoms with Crippen molar-refractivity contribution in [3.05, 3.63) is 0 Å². The number of likely N-dealkylation sites (N-methyl/N-ethyl adjacent to an activating group) is 1. The zero-order valence-corrected chi connectivity index (χ0v) is 11.4. The molecule has 1 saturated heterocycles. The molecule has 1 aliphatic heterocycles. The molecule has 0 spiro atoms. The maximum Gasteiger partial charge on any atom is 0.0589 e. The van der Waals surface area contributed by atoms with Crippen molar-refractivity contribution in [3.8, 4) is 0 Å². The van der Waals surface area contributed by atoms with Crippen LogP contribution in [-0.2, 0) is 4.74 Å². The fourth-order valence-corrected chi connectivity index (χ4v) is 2.67. The van der Waals surface area contributed by atoms with Gasteiger partial charge in [-0.2, -0.15) is 0 Å². The summed E-state index contributed by atoms with van der Waals surface area (Å²) in [5.74, 6) is 0.811. The quantitative estimate of drug-likeness (QED) is 0.747. The van der Waals surface area contributed by atoms with Crippen molar-refractivity contribution in [2.45, 2.75) is 26.7 Å². The summed E-state index contributed by atoms with van der Waals surface area (Å²) in [5.41, 5.74) is 0.399. The Balaban J connectivity index is 2.36. The van der Waals surface area contributed by atoms with Crippen LogP contribution in [0.3, 0.4) is 0 Å². The molecule has 96 valence electrons. The second-order valence-corrected chi connectivity index (χ2v) is 5.76. The first kappa shape index (κ1) is 13.9. The molecule has 1 rings (SSSR count). The van der Waals surface area contributed by atoms with E-state index in [9.17, 15) is 0 Å². The molecule has 0 aliphatic carbocycles. The maximum absolute atomic E-state index is 5.12. The number of ether oxygens (including phenoxy) is 1. The van der Waals surface area contributed by atoms with Gasteiger partial charge in [0.1, 0.15) is 0 Å². The Morgan fingerprint density at radius 1 is 1.44 bits per heavy atom. The van der Waals surface area contributed by atoms with Crippen molar-refractivity contribution in [2.24, 2.45) is 11.3 Å². The van der Waals surface area contributed by atoms with Gasteiger partial charge < -0.3 is 15.0 Å². The zero-order valence-electron chi connectivity index (χ0n) is 11.4. The first-order chi connectivity index (χ1) is 7.56. The predicted octanol–water partition coefficient (Wildman–Crippen LogP) is 1.59. The average Bonchev–Trinajstić information content (AvgIpc) is 2.27. The molecule has 1 unspecified atom stereocenters. The highest BCUT2D eigenvalue weighted by atomic mass is 16.5. The fourth-order valence-electron chi connectivity index (χ4n) is 2.67. The van der Waals surface area contributed by atoms with Crippen molar-refractivity contribution in [3.63, 3.8) is 0 Å². The molecule has 0 aromatic carbocycles. The van der Waals surface area contributed by atoms with E-state index < -0.39 is 0 Å². The summed E-state index contributed by atoms with van der Waals surface area (Å²) in [4.78, 5) is 2.39. The Morgan fingerprint density at radius 3 is 2.75 bits per heavy atom. The van der Waals surface area contributed by atoms with E-state index in [4.69, 9.17) is 4.74 Å². The molecule has 3 heteroatoms. The predicted molar refractivity (Wildman–Crippen MR) is 68.7 cm³/mol. The smallest absolute Gasteiger partial charge is 0.0589 e. The van der Waals surface area contributed by atoms with Gasteiger partial charge in [0.25, 0.3) is 0 Å². The summed E-state index contributed by atoms with van der Waals surface area (Å²) < 4.78 is 5.12. The number of nitrogens with zero attached hydrogens (tertiary/aromatic N) is 1. The lowest BCUT2D eigenvalue weighted by molar-refractivity contribution is 0.0930. The summed E-state index contributed by atoms with van der Waals surface area (Å²) in [5, 5.41) is 3.51. The first-order valence-corrected chi connectivity index (χ1v) is 6.44. The molecule has 1 fully saturated rings. The molecule has 16 heavy (non-hydrogen) atoms. The topological polar surface area (TPSA) is 24.5 Å². The number of methoxy groups -OCH3 is 1. The minimum absolute atomic E-state index is 0.399. The second-order valence-electron chi connectivity index (χ2n) is 5.76. The lowest BCUT2D eigenvalue weighted by Crippen LogP contribution is -2.44. The number of hydrogen-bond acceptors (Lipinski definition) is 3. The Labute approximate surface area is 101 Å². The lowest BCUT2D eigenvalue weighted by atomic mass is 9.74. The molecule has 0 bridgehead atoms. The number of piperidine rings is 1. The van der Waals surface area contributed by atoms with Gasteiger partial charge in [-0.1, -0.05) is 13.8 Å². The van der Waals surface area contributed by atoms with Crippen LogP contribution in [0.5, 0.6) is 0 Å². The van der Waals surface area contributed by atoms with Crippen LogP contribution in [0, 0.1) is 11.3 Å². The van der Waals surface area contributed by atoms with E-state index in [0.717, 1.165) is 25.6 Å². The largest absolute Gasteiger partial charge is 0.383 e. The molecule has 0 aromatic rings. The third-order valence-corrected chi connectivity index (χ3v) is 3.76. The summed E-state index contributed by atoms with van der Waals surface area (Å²) >= 11 is 0. The van der Waals surface area contributed by atoms with Gasteiger partial charge in [-0.25, -0.2) is 0 Å². The Kier molecular flexibility index (Phi) is 5.73. The van der Waals surface area contributed by atoms with Crippen LogP contribution in [0.4, 0.5) is 0 Å². The molecule has 0 amide bonds. The molecule has 0 saturated carbocycles. The highest BCUT2D eigenvalue weighted by Crippen LogP contribution is 2.32. The Bertz CT molecular complexity index is 188. The van der Waals surface area contributed by atoms with Gasteiger partial charge in [-0.3, -0.25) is 0 Å². The maximum atomic E-state index is 5.12. The molecule has 0 aromatic heterocycles. The molecular weight excluding hydrogens is 200 g/mol. The van der Waals surface area contributed by atoms with Crippen LogP contribution in [0.15, 0.2) is 0 Å². The van der Waals surface area contributed by atoms with Gasteiger partial charge in [0.05, 0.1) is 6.61 Å². The lowest BCUT2D eigenvalue weighted by Gasteiger charge is -2.39. The van der Waals surface area contributed by atoms with Crippen molar-refractivity contribution < 1.29 is 4.74 Å². The molecular formula is C13H28N2O. The van der Waals surface area contributed by atoms with Gasteiger partial charge in [-0.15, -0.1) is 0 Å². The molecule has 3 nitrogen and oxygen atoms in total. The van der Waals surface area contributed by atoms with E-state index in [-0.39, 0.29) is 0 Å². The standard InChI is InChI=1S/C13H28N2O/c1-13(2,11-15(3)8-9-16-4)12-6-5-7-14-10-12/h12,14H,5-11H2,1-4H3. The van der Waals surface area contributed by atoms with Gasteiger partial charge in [0.2, 0.25) is 0 Å². The Hall–Kier alpha value is -0.120.